The van der Waals surface area contributed by atoms with E-state index < -0.39 is 0 Å². The normalized spacial score (nSPS) is 21.4. The topological polar surface area (TPSA) is 44.8 Å². The fourth-order valence-corrected chi connectivity index (χ4v) is 3.55. The molecule has 1 unspecified atom stereocenters. The molecule has 7 heteroatoms. The van der Waals surface area contributed by atoms with Crippen LogP contribution in [0.2, 0.25) is 5.02 Å². The number of hydrogen-bond donors (Lipinski definition) is 1. The van der Waals surface area contributed by atoms with Crippen molar-refractivity contribution in [3.05, 3.63) is 28.8 Å². The smallest absolute Gasteiger partial charge is 0.260 e. The van der Waals surface area contributed by atoms with Crippen LogP contribution in [0.5, 0.6) is 5.75 Å². The first-order valence-electron chi connectivity index (χ1n) is 8.25. The number of carbonyl (C=O) groups excluding carboxylic acids is 1. The van der Waals surface area contributed by atoms with Gasteiger partial charge in [-0.25, -0.2) is 0 Å². The van der Waals surface area contributed by atoms with Crippen molar-refractivity contribution >= 4 is 29.9 Å². The lowest BCUT2D eigenvalue weighted by atomic mass is 10.2. The second-order valence-corrected chi connectivity index (χ2v) is 6.70. The number of likely N-dealkylation sites (tertiary alicyclic amines) is 1. The third-order valence-corrected chi connectivity index (χ3v) is 4.91. The summed E-state index contributed by atoms with van der Waals surface area (Å²) in [6.07, 6.45) is 1.06. The lowest BCUT2D eigenvalue weighted by Gasteiger charge is -2.32. The lowest BCUT2D eigenvalue weighted by Crippen LogP contribution is -2.49. The minimum atomic E-state index is 0. The zero-order valence-corrected chi connectivity index (χ0v) is 15.5. The highest BCUT2D eigenvalue weighted by Gasteiger charge is 2.30. The van der Waals surface area contributed by atoms with Crippen molar-refractivity contribution in [3.63, 3.8) is 0 Å². The van der Waals surface area contributed by atoms with Crippen molar-refractivity contribution in [1.29, 1.82) is 0 Å². The van der Waals surface area contributed by atoms with Crippen molar-refractivity contribution < 1.29 is 9.53 Å². The van der Waals surface area contributed by atoms with Crippen molar-refractivity contribution in [3.8, 4) is 5.75 Å². The summed E-state index contributed by atoms with van der Waals surface area (Å²) in [5.41, 5.74) is 0.949. The molecule has 0 aliphatic carbocycles. The highest BCUT2D eigenvalue weighted by atomic mass is 35.5. The molecule has 2 aliphatic rings. The Hall–Kier alpha value is -1.01. The van der Waals surface area contributed by atoms with Crippen LogP contribution in [-0.4, -0.2) is 67.6 Å². The fraction of sp³-hybridized carbons (Fsp3) is 0.588. The summed E-state index contributed by atoms with van der Waals surface area (Å²) < 4.78 is 5.67. The molecule has 24 heavy (non-hydrogen) atoms. The van der Waals surface area contributed by atoms with Gasteiger partial charge in [0.2, 0.25) is 0 Å². The number of nitrogens with one attached hydrogen (secondary N) is 1. The SMILES string of the molecule is Cc1cc(Cl)ccc1OCC(=O)N1CCC(N2CCNCC2)C1.Cl. The minimum absolute atomic E-state index is 0. The molecule has 1 amide bonds. The Morgan fingerprint density at radius 3 is 2.79 bits per heavy atom. The first-order chi connectivity index (χ1) is 11.1. The summed E-state index contributed by atoms with van der Waals surface area (Å²) in [5.74, 6) is 0.789. The molecular weight excluding hydrogens is 349 g/mol. The van der Waals surface area contributed by atoms with E-state index in [1.165, 1.54) is 0 Å². The summed E-state index contributed by atoms with van der Waals surface area (Å²) in [5, 5.41) is 4.05. The molecule has 0 saturated carbocycles. The molecule has 1 atom stereocenters. The number of piperazine rings is 1. The summed E-state index contributed by atoms with van der Waals surface area (Å²) >= 11 is 5.93. The van der Waals surface area contributed by atoms with Crippen LogP contribution in [-0.2, 0) is 4.79 Å². The number of amides is 1. The maximum absolute atomic E-state index is 12.4. The first-order valence-corrected chi connectivity index (χ1v) is 8.63. The largest absolute Gasteiger partial charge is 0.483 e. The molecule has 134 valence electrons. The van der Waals surface area contributed by atoms with E-state index in [1.807, 2.05) is 24.0 Å². The van der Waals surface area contributed by atoms with Crippen molar-refractivity contribution in [2.45, 2.75) is 19.4 Å². The second-order valence-electron chi connectivity index (χ2n) is 6.27. The number of ether oxygens (including phenoxy) is 1. The molecule has 2 heterocycles. The third-order valence-electron chi connectivity index (χ3n) is 4.67. The Morgan fingerprint density at radius 2 is 2.08 bits per heavy atom. The minimum Gasteiger partial charge on any atom is -0.483 e. The molecule has 3 rings (SSSR count). The molecule has 2 saturated heterocycles. The van der Waals surface area contributed by atoms with Gasteiger partial charge in [0, 0.05) is 50.3 Å². The van der Waals surface area contributed by atoms with E-state index >= 15 is 0 Å². The zero-order chi connectivity index (χ0) is 16.2. The van der Waals surface area contributed by atoms with Gasteiger partial charge in [0.05, 0.1) is 0 Å². The van der Waals surface area contributed by atoms with Crippen molar-refractivity contribution in [1.82, 2.24) is 15.1 Å². The summed E-state index contributed by atoms with van der Waals surface area (Å²) in [6, 6.07) is 5.94. The zero-order valence-electron chi connectivity index (χ0n) is 14.0. The number of nitrogens with zero attached hydrogens (tertiary/aromatic N) is 2. The number of carbonyl (C=O) groups is 1. The molecule has 2 aliphatic heterocycles. The van der Waals surface area contributed by atoms with Gasteiger partial charge in [-0.3, -0.25) is 9.69 Å². The Labute approximate surface area is 154 Å². The summed E-state index contributed by atoms with van der Waals surface area (Å²) in [6.45, 7) is 7.92. The van der Waals surface area contributed by atoms with E-state index in [9.17, 15) is 4.79 Å². The molecule has 2 fully saturated rings. The monoisotopic (exact) mass is 373 g/mol. The molecule has 0 spiro atoms. The highest BCUT2D eigenvalue weighted by Crippen LogP contribution is 2.22. The second kappa shape index (κ2) is 8.90. The fourth-order valence-electron chi connectivity index (χ4n) is 3.32. The van der Waals surface area contributed by atoms with Crippen LogP contribution < -0.4 is 10.1 Å². The summed E-state index contributed by atoms with van der Waals surface area (Å²) in [4.78, 5) is 16.8. The van der Waals surface area contributed by atoms with E-state index in [2.05, 4.69) is 10.2 Å². The Morgan fingerprint density at radius 1 is 1.33 bits per heavy atom. The Kier molecular flexibility index (Phi) is 7.16. The van der Waals surface area contributed by atoms with Gasteiger partial charge in [-0.1, -0.05) is 11.6 Å². The van der Waals surface area contributed by atoms with Gasteiger partial charge in [-0.05, 0) is 37.1 Å². The van der Waals surface area contributed by atoms with Gasteiger partial charge >= 0.3 is 0 Å². The van der Waals surface area contributed by atoms with Crippen LogP contribution in [0.15, 0.2) is 18.2 Å². The van der Waals surface area contributed by atoms with Crippen molar-refractivity contribution in [2.24, 2.45) is 0 Å². The predicted molar refractivity (Wildman–Crippen MR) is 98.4 cm³/mol. The van der Waals surface area contributed by atoms with Crippen LogP contribution in [0.1, 0.15) is 12.0 Å². The molecule has 1 aromatic carbocycles. The standard InChI is InChI=1S/C17H24ClN3O2.ClH/c1-13-10-14(18)2-3-16(13)23-12-17(22)21-7-4-15(11-21)20-8-5-19-6-9-20;/h2-3,10,15,19H,4-9,11-12H2,1H3;1H. The van der Waals surface area contributed by atoms with Gasteiger partial charge in [0.1, 0.15) is 5.75 Å². The molecular formula is C17H25Cl2N3O2. The number of rotatable bonds is 4. The number of hydrogen-bond acceptors (Lipinski definition) is 4. The van der Waals surface area contributed by atoms with Gasteiger partial charge in [-0.15, -0.1) is 12.4 Å². The molecule has 1 aromatic rings. The number of benzene rings is 1. The third kappa shape index (κ3) is 4.76. The van der Waals surface area contributed by atoms with Crippen LogP contribution in [0.25, 0.3) is 0 Å². The predicted octanol–water partition coefficient (Wildman–Crippen LogP) is 1.96. The molecule has 0 aromatic heterocycles. The quantitative estimate of drug-likeness (QED) is 0.875. The first kappa shape index (κ1) is 19.3. The van der Waals surface area contributed by atoms with Gasteiger partial charge in [-0.2, -0.15) is 0 Å². The van der Waals surface area contributed by atoms with E-state index in [1.54, 1.807) is 6.07 Å². The van der Waals surface area contributed by atoms with E-state index in [0.29, 0.717) is 11.1 Å². The molecule has 0 bridgehead atoms. The van der Waals surface area contributed by atoms with Gasteiger partial charge in [0.15, 0.2) is 6.61 Å². The van der Waals surface area contributed by atoms with Crippen LogP contribution in [0.3, 0.4) is 0 Å². The average Bonchev–Trinajstić information content (AvgIpc) is 3.05. The molecule has 0 radical (unpaired) electrons. The maximum atomic E-state index is 12.4. The lowest BCUT2D eigenvalue weighted by molar-refractivity contribution is -0.132. The molecule has 5 nitrogen and oxygen atoms in total. The average molecular weight is 374 g/mol. The van der Waals surface area contributed by atoms with Crippen LogP contribution in [0, 0.1) is 6.92 Å². The van der Waals surface area contributed by atoms with Crippen molar-refractivity contribution in [2.75, 3.05) is 45.9 Å². The highest BCUT2D eigenvalue weighted by molar-refractivity contribution is 6.30. The van der Waals surface area contributed by atoms with Crippen LogP contribution >= 0.6 is 24.0 Å². The number of aryl methyl sites for hydroxylation is 1. The Balaban J connectivity index is 0.00000208. The van der Waals surface area contributed by atoms with E-state index in [0.717, 1.165) is 57.0 Å². The van der Waals surface area contributed by atoms with Crippen LogP contribution in [0.4, 0.5) is 0 Å². The van der Waals surface area contributed by atoms with Gasteiger partial charge in [0.25, 0.3) is 5.91 Å². The van der Waals surface area contributed by atoms with Gasteiger partial charge < -0.3 is 15.0 Å². The Bertz CT molecular complexity index is 565. The molecule has 1 N–H and O–H groups in total. The number of halogens is 2. The maximum Gasteiger partial charge on any atom is 0.260 e. The van der Waals surface area contributed by atoms with E-state index in [-0.39, 0.29) is 24.9 Å². The summed E-state index contributed by atoms with van der Waals surface area (Å²) in [7, 11) is 0. The van der Waals surface area contributed by atoms with E-state index in [4.69, 9.17) is 16.3 Å².